The number of benzene rings is 2. The van der Waals surface area contributed by atoms with Crippen LogP contribution in [0.3, 0.4) is 0 Å². The molecule has 0 bridgehead atoms. The molecular formula is C21H22ClN5O. The zero-order valence-electron chi connectivity index (χ0n) is 16.1. The summed E-state index contributed by atoms with van der Waals surface area (Å²) in [5.74, 6) is 0.976. The minimum absolute atomic E-state index is 0.0780. The second kappa shape index (κ2) is 6.63. The third-order valence-corrected chi connectivity index (χ3v) is 5.59. The zero-order valence-corrected chi connectivity index (χ0v) is 16.8. The van der Waals surface area contributed by atoms with E-state index in [4.69, 9.17) is 22.0 Å². The van der Waals surface area contributed by atoms with Crippen molar-refractivity contribution in [1.29, 1.82) is 5.41 Å². The fourth-order valence-electron chi connectivity index (χ4n) is 3.72. The van der Waals surface area contributed by atoms with Crippen molar-refractivity contribution in [2.24, 2.45) is 0 Å². The molecule has 1 aliphatic heterocycles. The lowest BCUT2D eigenvalue weighted by Gasteiger charge is -2.39. The van der Waals surface area contributed by atoms with E-state index >= 15 is 0 Å². The summed E-state index contributed by atoms with van der Waals surface area (Å²) in [4.78, 5) is 18.4. The lowest BCUT2D eigenvalue weighted by Crippen LogP contribution is -2.58. The van der Waals surface area contributed by atoms with Crippen LogP contribution in [-0.4, -0.2) is 33.4 Å². The number of halogens is 1. The molecule has 1 aliphatic rings. The smallest absolute Gasteiger partial charge is 0.231 e. The highest BCUT2D eigenvalue weighted by atomic mass is 35.5. The molecule has 2 heterocycles. The molecule has 1 fully saturated rings. The van der Waals surface area contributed by atoms with Crippen molar-refractivity contribution in [3.63, 3.8) is 0 Å². The van der Waals surface area contributed by atoms with Crippen LogP contribution in [0.1, 0.15) is 31.7 Å². The quantitative estimate of drug-likeness (QED) is 0.707. The lowest BCUT2D eigenvalue weighted by molar-refractivity contribution is -0.129. The molecule has 0 spiro atoms. The summed E-state index contributed by atoms with van der Waals surface area (Å²) in [5, 5.41) is 11.9. The molecule has 0 unspecified atom stereocenters. The number of aromatic nitrogens is 2. The maximum atomic E-state index is 12.3. The van der Waals surface area contributed by atoms with Gasteiger partial charge in [-0.15, -0.1) is 0 Å². The van der Waals surface area contributed by atoms with E-state index in [1.165, 1.54) is 4.90 Å². The van der Waals surface area contributed by atoms with Crippen LogP contribution >= 0.6 is 11.6 Å². The van der Waals surface area contributed by atoms with Crippen LogP contribution in [0.15, 0.2) is 42.5 Å². The van der Waals surface area contributed by atoms with Crippen molar-refractivity contribution >= 4 is 34.5 Å². The second-order valence-corrected chi connectivity index (χ2v) is 7.77. The molecule has 4 rings (SSSR count). The number of hydrogen-bond donors (Lipinski definition) is 2. The number of rotatable bonds is 3. The molecule has 28 heavy (non-hydrogen) atoms. The maximum Gasteiger partial charge on any atom is 0.231 e. The highest BCUT2D eigenvalue weighted by Gasteiger charge is 2.38. The number of guanidine groups is 1. The average molecular weight is 396 g/mol. The second-order valence-electron chi connectivity index (χ2n) is 7.34. The molecule has 0 saturated carbocycles. The monoisotopic (exact) mass is 395 g/mol. The van der Waals surface area contributed by atoms with Crippen molar-refractivity contribution in [1.82, 2.24) is 19.8 Å². The summed E-state index contributed by atoms with van der Waals surface area (Å²) in [6.07, 6.45) is 1.06. The van der Waals surface area contributed by atoms with Crippen LogP contribution in [0.2, 0.25) is 5.02 Å². The Kier molecular flexibility index (Phi) is 4.38. The van der Waals surface area contributed by atoms with Crippen LogP contribution in [0, 0.1) is 5.41 Å². The summed E-state index contributed by atoms with van der Waals surface area (Å²) in [6, 6.07) is 13.7. The molecular weight excluding hydrogens is 374 g/mol. The van der Waals surface area contributed by atoms with Crippen LogP contribution < -0.4 is 5.32 Å². The van der Waals surface area contributed by atoms with Crippen LogP contribution in [-0.2, 0) is 16.8 Å². The molecule has 1 saturated heterocycles. The number of nitrogens with zero attached hydrogens (tertiary/aromatic N) is 3. The predicted octanol–water partition coefficient (Wildman–Crippen LogP) is 3.84. The Morgan fingerprint density at radius 1 is 1.29 bits per heavy atom. The number of carbonyl (C=O) groups excluding carboxylic acids is 1. The fourth-order valence-corrected chi connectivity index (χ4v) is 3.89. The van der Waals surface area contributed by atoms with Crippen molar-refractivity contribution in [2.45, 2.75) is 32.2 Å². The minimum atomic E-state index is -0.642. The molecule has 1 atom stereocenters. The van der Waals surface area contributed by atoms with Gasteiger partial charge in [-0.1, -0.05) is 30.7 Å². The number of aryl methyl sites for hydroxylation is 1. The first-order valence-corrected chi connectivity index (χ1v) is 9.61. The van der Waals surface area contributed by atoms with Gasteiger partial charge in [0.1, 0.15) is 5.82 Å². The highest BCUT2D eigenvalue weighted by molar-refractivity contribution is 6.31. The zero-order chi connectivity index (χ0) is 20.1. The minimum Gasteiger partial charge on any atom is -0.346 e. The summed E-state index contributed by atoms with van der Waals surface area (Å²) in [6.45, 7) is 4.03. The molecule has 7 heteroatoms. The van der Waals surface area contributed by atoms with Gasteiger partial charge < -0.3 is 5.32 Å². The first-order valence-electron chi connectivity index (χ1n) is 9.23. The molecule has 3 aromatic rings. The Bertz CT molecular complexity index is 1090. The van der Waals surface area contributed by atoms with Gasteiger partial charge in [0.15, 0.2) is 5.96 Å². The number of nitrogens with one attached hydrogen (secondary N) is 2. The molecule has 144 valence electrons. The van der Waals surface area contributed by atoms with Gasteiger partial charge in [0, 0.05) is 24.2 Å². The third kappa shape index (κ3) is 2.94. The van der Waals surface area contributed by atoms with Gasteiger partial charge >= 0.3 is 0 Å². The van der Waals surface area contributed by atoms with E-state index in [9.17, 15) is 4.79 Å². The van der Waals surface area contributed by atoms with E-state index in [0.29, 0.717) is 5.02 Å². The summed E-state index contributed by atoms with van der Waals surface area (Å²) >= 11 is 6.23. The SMILES string of the molecule is CCc1nc2ccc(Cl)cc2n1-c1cccc([C@]2(C)CC(=O)N(C)C(=N)N2)c1. The number of imidazole rings is 1. The van der Waals surface area contributed by atoms with Gasteiger partial charge in [-0.25, -0.2) is 4.98 Å². The molecule has 0 radical (unpaired) electrons. The van der Waals surface area contributed by atoms with Crippen molar-refractivity contribution in [3.05, 3.63) is 58.9 Å². The molecule has 2 N–H and O–H groups in total. The van der Waals surface area contributed by atoms with E-state index < -0.39 is 5.54 Å². The standard InChI is InChI=1S/C21H22ClN5O/c1-4-18-24-16-9-8-14(22)11-17(16)27(18)15-7-5-6-13(10-15)21(2)12-19(28)26(3)20(23)25-21/h5-11H,4,12H2,1-3H3,(H2,23,25)/t21-/m0/s1. The van der Waals surface area contributed by atoms with E-state index in [0.717, 1.165) is 34.5 Å². The molecule has 2 aromatic carbocycles. The largest absolute Gasteiger partial charge is 0.346 e. The Balaban J connectivity index is 1.84. The number of carbonyl (C=O) groups is 1. The number of amides is 1. The van der Waals surface area contributed by atoms with Gasteiger partial charge in [-0.05, 0) is 42.8 Å². The van der Waals surface area contributed by atoms with E-state index in [1.807, 2.05) is 43.3 Å². The van der Waals surface area contributed by atoms with Crippen LogP contribution in [0.4, 0.5) is 0 Å². The van der Waals surface area contributed by atoms with Gasteiger partial charge in [0.25, 0.3) is 0 Å². The Morgan fingerprint density at radius 2 is 2.07 bits per heavy atom. The summed E-state index contributed by atoms with van der Waals surface area (Å²) in [7, 11) is 1.61. The third-order valence-electron chi connectivity index (χ3n) is 5.35. The average Bonchev–Trinajstić information content (AvgIpc) is 3.04. The summed E-state index contributed by atoms with van der Waals surface area (Å²) < 4.78 is 2.11. The van der Waals surface area contributed by atoms with Gasteiger partial charge in [-0.2, -0.15) is 0 Å². The summed E-state index contributed by atoms with van der Waals surface area (Å²) in [5.41, 5.74) is 3.11. The highest BCUT2D eigenvalue weighted by Crippen LogP contribution is 2.31. The normalized spacial score (nSPS) is 19.9. The molecule has 1 amide bonds. The molecule has 1 aromatic heterocycles. The van der Waals surface area contributed by atoms with Crippen LogP contribution in [0.5, 0.6) is 0 Å². The van der Waals surface area contributed by atoms with E-state index in [1.54, 1.807) is 7.05 Å². The Labute approximate surface area is 168 Å². The maximum absolute atomic E-state index is 12.3. The van der Waals surface area contributed by atoms with Crippen molar-refractivity contribution in [3.8, 4) is 5.69 Å². The van der Waals surface area contributed by atoms with Crippen molar-refractivity contribution in [2.75, 3.05) is 7.05 Å². The first kappa shape index (κ1) is 18.5. The van der Waals surface area contributed by atoms with Gasteiger partial charge in [-0.3, -0.25) is 19.7 Å². The molecule has 6 nitrogen and oxygen atoms in total. The first-order chi connectivity index (χ1) is 13.3. The van der Waals surface area contributed by atoms with Crippen molar-refractivity contribution < 1.29 is 4.79 Å². The Hall–Kier alpha value is -2.86. The predicted molar refractivity (Wildman–Crippen MR) is 111 cm³/mol. The van der Waals surface area contributed by atoms with E-state index in [-0.39, 0.29) is 18.3 Å². The number of fused-ring (bicyclic) bond motifs is 1. The van der Waals surface area contributed by atoms with Gasteiger partial charge in [0.05, 0.1) is 23.0 Å². The van der Waals surface area contributed by atoms with Crippen LogP contribution in [0.25, 0.3) is 16.7 Å². The Morgan fingerprint density at radius 3 is 2.79 bits per heavy atom. The fraction of sp³-hybridized carbons (Fsp3) is 0.286. The van der Waals surface area contributed by atoms with Gasteiger partial charge in [0.2, 0.25) is 5.91 Å². The topological polar surface area (TPSA) is 74.0 Å². The molecule has 0 aliphatic carbocycles. The lowest BCUT2D eigenvalue weighted by atomic mass is 9.86. The number of hydrogen-bond acceptors (Lipinski definition) is 3. The van der Waals surface area contributed by atoms with E-state index in [2.05, 4.69) is 22.9 Å².